The maximum atomic E-state index is 11.1. The Labute approximate surface area is 144 Å². The minimum atomic E-state index is -4.71. The van der Waals surface area contributed by atoms with Gasteiger partial charge in [-0.3, -0.25) is 4.52 Å². The van der Waals surface area contributed by atoms with Crippen LogP contribution in [0.3, 0.4) is 0 Å². The van der Waals surface area contributed by atoms with Crippen molar-refractivity contribution in [3.63, 3.8) is 0 Å². The Bertz CT molecular complexity index is 421. The molecule has 0 amide bonds. The van der Waals surface area contributed by atoms with Gasteiger partial charge in [-0.2, -0.15) is 0 Å². The standard InChI is InChI=1S/C14H28O8P2/c1-12(2)14(15)21-11-9-7-5-3-4-6-8-10-13(23(16)17)22-24(18,19)20/h13,16-17H,1,3-11H2,2H3,(H2,18,19,20). The number of esters is 1. The van der Waals surface area contributed by atoms with E-state index in [1.165, 1.54) is 0 Å². The summed E-state index contributed by atoms with van der Waals surface area (Å²) in [5.41, 5.74) is 0.394. The first kappa shape index (κ1) is 23.7. The fourth-order valence-electron chi connectivity index (χ4n) is 1.96. The second-order valence-electron chi connectivity index (χ2n) is 5.55. The molecule has 0 saturated carbocycles. The van der Waals surface area contributed by atoms with Gasteiger partial charge in [0.2, 0.25) is 0 Å². The van der Waals surface area contributed by atoms with E-state index in [1.807, 2.05) is 0 Å². The molecule has 8 nitrogen and oxygen atoms in total. The summed E-state index contributed by atoms with van der Waals surface area (Å²) in [5.74, 6) is -1.58. The van der Waals surface area contributed by atoms with Crippen LogP contribution in [0.1, 0.15) is 58.3 Å². The van der Waals surface area contributed by atoms with Crippen LogP contribution in [-0.2, 0) is 18.6 Å². The number of hydrogen-bond acceptors (Lipinski definition) is 6. The van der Waals surface area contributed by atoms with Crippen molar-refractivity contribution in [2.75, 3.05) is 6.61 Å². The first-order valence-electron chi connectivity index (χ1n) is 7.87. The lowest BCUT2D eigenvalue weighted by atomic mass is 10.1. The molecule has 10 heteroatoms. The lowest BCUT2D eigenvalue weighted by Crippen LogP contribution is -2.09. The number of unbranched alkanes of at least 4 members (excludes halogenated alkanes) is 6. The van der Waals surface area contributed by atoms with Crippen molar-refractivity contribution in [1.82, 2.24) is 0 Å². The van der Waals surface area contributed by atoms with Crippen LogP contribution >= 0.6 is 16.2 Å². The third-order valence-corrected chi connectivity index (χ3v) is 4.77. The first-order chi connectivity index (χ1) is 11.1. The SMILES string of the molecule is C=C(C)C(=O)OCCCCCCCCCC(OP(=O)(O)O)P(O)O. The van der Waals surface area contributed by atoms with E-state index in [1.54, 1.807) is 6.92 Å². The smallest absolute Gasteiger partial charge is 0.462 e. The molecule has 0 radical (unpaired) electrons. The van der Waals surface area contributed by atoms with Crippen LogP contribution in [0.4, 0.5) is 0 Å². The monoisotopic (exact) mass is 386 g/mol. The number of carbonyl (C=O) groups is 1. The summed E-state index contributed by atoms with van der Waals surface area (Å²) in [7, 11) is -7.25. The van der Waals surface area contributed by atoms with Crippen LogP contribution in [0.25, 0.3) is 0 Å². The zero-order chi connectivity index (χ0) is 18.6. The van der Waals surface area contributed by atoms with Crippen LogP contribution in [0.15, 0.2) is 12.2 Å². The minimum absolute atomic E-state index is 0.195. The molecule has 0 fully saturated rings. The number of phosphoric ester groups is 1. The molecule has 0 rings (SSSR count). The van der Waals surface area contributed by atoms with E-state index < -0.39 is 22.0 Å². The van der Waals surface area contributed by atoms with E-state index in [4.69, 9.17) is 24.3 Å². The maximum absolute atomic E-state index is 11.1. The molecule has 0 aromatic rings. The Kier molecular flexibility index (Phi) is 12.8. The molecule has 0 aromatic heterocycles. The zero-order valence-corrected chi connectivity index (χ0v) is 15.8. The van der Waals surface area contributed by atoms with Crippen LogP contribution < -0.4 is 0 Å². The van der Waals surface area contributed by atoms with Crippen LogP contribution in [-0.4, -0.2) is 38.0 Å². The Morgan fingerprint density at radius 2 is 1.58 bits per heavy atom. The van der Waals surface area contributed by atoms with Crippen LogP contribution in [0.2, 0.25) is 0 Å². The van der Waals surface area contributed by atoms with Gasteiger partial charge in [-0.1, -0.05) is 45.1 Å². The quantitative estimate of drug-likeness (QED) is 0.155. The van der Waals surface area contributed by atoms with E-state index in [2.05, 4.69) is 11.1 Å². The van der Waals surface area contributed by atoms with Gasteiger partial charge in [0.25, 0.3) is 0 Å². The molecule has 4 N–H and O–H groups in total. The second kappa shape index (κ2) is 13.0. The van der Waals surface area contributed by atoms with E-state index in [0.29, 0.717) is 18.6 Å². The zero-order valence-electron chi connectivity index (χ0n) is 14.0. The van der Waals surface area contributed by atoms with Crippen molar-refractivity contribution < 1.29 is 38.2 Å². The number of rotatable bonds is 14. The fraction of sp³-hybridized carbons (Fsp3) is 0.786. The van der Waals surface area contributed by atoms with Gasteiger partial charge in [-0.15, -0.1) is 0 Å². The molecule has 0 aliphatic carbocycles. The highest BCUT2D eigenvalue weighted by atomic mass is 31.2. The second-order valence-corrected chi connectivity index (χ2v) is 7.96. The molecule has 142 valence electrons. The van der Waals surface area contributed by atoms with Crippen molar-refractivity contribution >= 4 is 22.2 Å². The van der Waals surface area contributed by atoms with E-state index in [9.17, 15) is 9.36 Å². The summed E-state index contributed by atoms with van der Waals surface area (Å²) in [6.45, 7) is 5.50. The van der Waals surface area contributed by atoms with Gasteiger partial charge in [-0.05, 0) is 19.8 Å². The summed E-state index contributed by atoms with van der Waals surface area (Å²) in [4.78, 5) is 46.7. The van der Waals surface area contributed by atoms with Gasteiger partial charge in [0.05, 0.1) is 6.61 Å². The van der Waals surface area contributed by atoms with Crippen molar-refractivity contribution in [3.05, 3.63) is 12.2 Å². The molecule has 24 heavy (non-hydrogen) atoms. The minimum Gasteiger partial charge on any atom is -0.462 e. The molecule has 0 bridgehead atoms. The molecule has 0 heterocycles. The third kappa shape index (κ3) is 14.1. The third-order valence-electron chi connectivity index (χ3n) is 3.19. The summed E-state index contributed by atoms with van der Waals surface area (Å²) in [6, 6.07) is 0. The summed E-state index contributed by atoms with van der Waals surface area (Å²) >= 11 is 0. The fourth-order valence-corrected chi connectivity index (χ4v) is 3.50. The number of carbonyl (C=O) groups excluding carboxylic acids is 1. The lowest BCUT2D eigenvalue weighted by Gasteiger charge is -2.18. The summed E-state index contributed by atoms with van der Waals surface area (Å²) in [6.07, 6.45) is 6.28. The highest BCUT2D eigenvalue weighted by Gasteiger charge is 2.27. The van der Waals surface area contributed by atoms with Gasteiger partial charge in [-0.25, -0.2) is 9.36 Å². The summed E-state index contributed by atoms with van der Waals surface area (Å²) in [5, 5.41) is 0. The van der Waals surface area contributed by atoms with E-state index in [0.717, 1.165) is 38.5 Å². The lowest BCUT2D eigenvalue weighted by molar-refractivity contribution is -0.139. The molecule has 0 spiro atoms. The van der Waals surface area contributed by atoms with Crippen molar-refractivity contribution in [2.24, 2.45) is 0 Å². The van der Waals surface area contributed by atoms with Crippen molar-refractivity contribution in [1.29, 1.82) is 0 Å². The van der Waals surface area contributed by atoms with Crippen LogP contribution in [0.5, 0.6) is 0 Å². The van der Waals surface area contributed by atoms with Gasteiger partial charge < -0.3 is 24.3 Å². The number of phosphoric acid groups is 1. The Morgan fingerprint density at radius 3 is 2.04 bits per heavy atom. The highest BCUT2D eigenvalue weighted by Crippen LogP contribution is 2.47. The average molecular weight is 386 g/mol. The Balaban J connectivity index is 3.57. The van der Waals surface area contributed by atoms with Crippen molar-refractivity contribution in [3.8, 4) is 0 Å². The van der Waals surface area contributed by atoms with E-state index >= 15 is 0 Å². The summed E-state index contributed by atoms with van der Waals surface area (Å²) < 4.78 is 20.0. The highest BCUT2D eigenvalue weighted by molar-refractivity contribution is 7.49. The topological polar surface area (TPSA) is 134 Å². The molecular formula is C14H28O8P2. The van der Waals surface area contributed by atoms with E-state index in [-0.39, 0.29) is 12.4 Å². The average Bonchev–Trinajstić information content (AvgIpc) is 2.46. The van der Waals surface area contributed by atoms with Crippen LogP contribution in [0, 0.1) is 0 Å². The van der Waals surface area contributed by atoms with Crippen molar-refractivity contribution in [2.45, 2.75) is 64.1 Å². The molecule has 0 aliphatic heterocycles. The number of ether oxygens (including phenoxy) is 1. The number of hydrogen-bond donors (Lipinski definition) is 4. The van der Waals surface area contributed by atoms with Gasteiger partial charge >= 0.3 is 13.8 Å². The Hall–Kier alpha value is -0.330. The maximum Gasteiger partial charge on any atom is 0.470 e. The molecule has 1 atom stereocenters. The van der Waals surface area contributed by atoms with Gasteiger partial charge in [0.1, 0.15) is 5.85 Å². The molecular weight excluding hydrogens is 358 g/mol. The predicted molar refractivity (Wildman–Crippen MR) is 91.0 cm³/mol. The molecule has 0 aromatic carbocycles. The van der Waals surface area contributed by atoms with Gasteiger partial charge in [0, 0.05) is 5.57 Å². The first-order valence-corrected chi connectivity index (χ1v) is 10.7. The Morgan fingerprint density at radius 1 is 1.08 bits per heavy atom. The largest absolute Gasteiger partial charge is 0.470 e. The molecule has 0 saturated heterocycles. The predicted octanol–water partition coefficient (Wildman–Crippen LogP) is 2.96. The normalized spacial score (nSPS) is 13.1. The molecule has 1 unspecified atom stereocenters. The molecule has 0 aliphatic rings. The van der Waals surface area contributed by atoms with Gasteiger partial charge in [0.15, 0.2) is 8.38 Å².